The zero-order chi connectivity index (χ0) is 20.3. The van der Waals surface area contributed by atoms with Gasteiger partial charge in [-0.25, -0.2) is 8.42 Å². The predicted molar refractivity (Wildman–Crippen MR) is 104 cm³/mol. The van der Waals surface area contributed by atoms with Crippen LogP contribution in [-0.4, -0.2) is 42.7 Å². The molecule has 9 heteroatoms. The van der Waals surface area contributed by atoms with E-state index >= 15 is 0 Å². The number of nitrogens with one attached hydrogen (secondary N) is 1. The molecule has 8 nitrogen and oxygen atoms in total. The first kappa shape index (κ1) is 20.0. The molecule has 28 heavy (non-hydrogen) atoms. The van der Waals surface area contributed by atoms with Gasteiger partial charge in [-0.05, 0) is 38.0 Å². The zero-order valence-corrected chi connectivity index (χ0v) is 16.2. The summed E-state index contributed by atoms with van der Waals surface area (Å²) in [6.45, 7) is 2.43. The lowest BCUT2D eigenvalue weighted by molar-refractivity contribution is -0.384. The van der Waals surface area contributed by atoms with Crippen LogP contribution in [0.4, 0.5) is 5.69 Å². The minimum atomic E-state index is -3.64. The summed E-state index contributed by atoms with van der Waals surface area (Å²) in [6, 6.07) is 11.8. The molecule has 1 heterocycles. The third-order valence-corrected chi connectivity index (χ3v) is 6.73. The molecular weight excluding hydrogens is 382 g/mol. The van der Waals surface area contributed by atoms with Gasteiger partial charge >= 0.3 is 0 Å². The minimum Gasteiger partial charge on any atom is -0.350 e. The van der Waals surface area contributed by atoms with E-state index in [1.54, 1.807) is 24.3 Å². The van der Waals surface area contributed by atoms with Crippen molar-refractivity contribution in [3.05, 3.63) is 69.8 Å². The van der Waals surface area contributed by atoms with E-state index < -0.39 is 20.9 Å². The van der Waals surface area contributed by atoms with Crippen molar-refractivity contribution in [2.45, 2.75) is 30.7 Å². The molecule has 1 atom stereocenters. The van der Waals surface area contributed by atoms with E-state index in [0.29, 0.717) is 19.4 Å². The number of aryl methyl sites for hydroxylation is 1. The number of amides is 1. The average molecular weight is 403 g/mol. The number of benzene rings is 2. The van der Waals surface area contributed by atoms with Crippen LogP contribution >= 0.6 is 0 Å². The summed E-state index contributed by atoms with van der Waals surface area (Å²) in [5.74, 6) is -0.469. The van der Waals surface area contributed by atoms with Gasteiger partial charge in [-0.2, -0.15) is 4.31 Å². The number of hydrogen-bond acceptors (Lipinski definition) is 5. The number of sulfonamides is 1. The van der Waals surface area contributed by atoms with Crippen molar-refractivity contribution >= 4 is 21.6 Å². The Kier molecular flexibility index (Phi) is 5.76. The molecule has 1 N–H and O–H groups in total. The first-order valence-electron chi connectivity index (χ1n) is 8.90. The first-order valence-corrected chi connectivity index (χ1v) is 10.3. The van der Waals surface area contributed by atoms with Gasteiger partial charge in [0.15, 0.2) is 0 Å². The van der Waals surface area contributed by atoms with Gasteiger partial charge in [0.25, 0.3) is 11.6 Å². The molecule has 0 aliphatic carbocycles. The fourth-order valence-corrected chi connectivity index (χ4v) is 4.94. The maximum absolute atomic E-state index is 12.9. The Morgan fingerprint density at radius 3 is 2.64 bits per heavy atom. The Morgan fingerprint density at radius 2 is 1.96 bits per heavy atom. The lowest BCUT2D eigenvalue weighted by Crippen LogP contribution is -2.43. The highest BCUT2D eigenvalue weighted by atomic mass is 32.2. The topological polar surface area (TPSA) is 110 Å². The van der Waals surface area contributed by atoms with Crippen LogP contribution in [0, 0.1) is 17.0 Å². The van der Waals surface area contributed by atoms with E-state index in [4.69, 9.17) is 0 Å². The van der Waals surface area contributed by atoms with Crippen molar-refractivity contribution in [2.24, 2.45) is 0 Å². The van der Waals surface area contributed by atoms with Crippen molar-refractivity contribution in [1.29, 1.82) is 0 Å². The largest absolute Gasteiger partial charge is 0.350 e. The number of nitrogens with zero attached hydrogens (tertiary/aromatic N) is 2. The van der Waals surface area contributed by atoms with Crippen molar-refractivity contribution in [3.63, 3.8) is 0 Å². The summed E-state index contributed by atoms with van der Waals surface area (Å²) in [6.07, 6.45) is 1.35. The third kappa shape index (κ3) is 4.20. The number of nitro benzene ring substituents is 1. The van der Waals surface area contributed by atoms with Crippen molar-refractivity contribution in [3.8, 4) is 0 Å². The maximum atomic E-state index is 12.9. The van der Waals surface area contributed by atoms with Crippen LogP contribution in [0.5, 0.6) is 0 Å². The summed E-state index contributed by atoms with van der Waals surface area (Å²) in [7, 11) is -3.64. The van der Waals surface area contributed by atoms with Crippen LogP contribution in [-0.2, 0) is 10.0 Å². The van der Waals surface area contributed by atoms with E-state index in [1.807, 2.05) is 6.92 Å². The Balaban J connectivity index is 1.70. The molecule has 1 fully saturated rings. The molecule has 1 amide bonds. The van der Waals surface area contributed by atoms with Crippen LogP contribution in [0.15, 0.2) is 53.4 Å². The predicted octanol–water partition coefficient (Wildman–Crippen LogP) is 2.49. The second-order valence-corrected chi connectivity index (χ2v) is 8.63. The van der Waals surface area contributed by atoms with Gasteiger partial charge in [0.05, 0.1) is 9.82 Å². The lowest BCUT2D eigenvalue weighted by atomic mass is 10.1. The van der Waals surface area contributed by atoms with Crippen molar-refractivity contribution in [2.75, 3.05) is 13.1 Å². The number of nitro groups is 1. The molecule has 1 aliphatic heterocycles. The van der Waals surface area contributed by atoms with Crippen LogP contribution < -0.4 is 5.32 Å². The van der Waals surface area contributed by atoms with Gasteiger partial charge in [-0.1, -0.05) is 23.8 Å². The molecule has 148 valence electrons. The lowest BCUT2D eigenvalue weighted by Gasteiger charge is -2.24. The van der Waals surface area contributed by atoms with Crippen LogP contribution in [0.3, 0.4) is 0 Å². The number of carbonyl (C=O) groups excluding carboxylic acids is 1. The van der Waals surface area contributed by atoms with Gasteiger partial charge in [0, 0.05) is 36.8 Å². The van der Waals surface area contributed by atoms with Gasteiger partial charge in [0.2, 0.25) is 10.0 Å². The highest BCUT2D eigenvalue weighted by Crippen LogP contribution is 2.26. The van der Waals surface area contributed by atoms with Gasteiger partial charge < -0.3 is 5.32 Å². The first-order chi connectivity index (χ1) is 13.3. The molecule has 0 aromatic heterocycles. The number of rotatable bonds is 6. The van der Waals surface area contributed by atoms with E-state index in [-0.39, 0.29) is 28.7 Å². The van der Waals surface area contributed by atoms with Crippen LogP contribution in [0.2, 0.25) is 0 Å². The monoisotopic (exact) mass is 403 g/mol. The quantitative estimate of drug-likeness (QED) is 0.589. The molecule has 2 aromatic carbocycles. The smallest absolute Gasteiger partial charge is 0.270 e. The SMILES string of the molecule is Cc1ccc(S(=O)(=O)N2CCC[C@@H]2CNC(=O)c2cccc([N+](=O)[O-])c2)cc1. The van der Waals surface area contributed by atoms with Gasteiger partial charge in [-0.15, -0.1) is 0 Å². The fourth-order valence-electron chi connectivity index (χ4n) is 3.25. The average Bonchev–Trinajstić information content (AvgIpc) is 3.16. The Morgan fingerprint density at radius 1 is 1.25 bits per heavy atom. The third-order valence-electron chi connectivity index (χ3n) is 4.77. The second kappa shape index (κ2) is 8.07. The van der Waals surface area contributed by atoms with Gasteiger partial charge in [0.1, 0.15) is 0 Å². The van der Waals surface area contributed by atoms with E-state index in [1.165, 1.54) is 28.6 Å². The number of hydrogen-bond donors (Lipinski definition) is 1. The molecule has 0 saturated carbocycles. The molecule has 2 aromatic rings. The molecule has 0 radical (unpaired) electrons. The Hall–Kier alpha value is -2.78. The van der Waals surface area contributed by atoms with E-state index in [0.717, 1.165) is 5.56 Å². The standard InChI is InChI=1S/C19H21N3O5S/c1-14-7-9-18(10-8-14)28(26,27)21-11-3-6-17(21)13-20-19(23)15-4-2-5-16(12-15)22(24)25/h2,4-5,7-10,12,17H,3,6,11,13H2,1H3,(H,20,23)/t17-/m1/s1. The highest BCUT2D eigenvalue weighted by molar-refractivity contribution is 7.89. The van der Waals surface area contributed by atoms with E-state index in [2.05, 4.69) is 5.32 Å². The molecular formula is C19H21N3O5S. The Labute approximate surface area is 163 Å². The van der Waals surface area contributed by atoms with Crippen LogP contribution in [0.1, 0.15) is 28.8 Å². The molecule has 3 rings (SSSR count). The molecule has 0 spiro atoms. The van der Waals surface area contributed by atoms with Crippen molar-refractivity contribution in [1.82, 2.24) is 9.62 Å². The summed E-state index contributed by atoms with van der Waals surface area (Å²) in [5, 5.41) is 13.6. The van der Waals surface area contributed by atoms with E-state index in [9.17, 15) is 23.3 Å². The minimum absolute atomic E-state index is 0.145. The zero-order valence-electron chi connectivity index (χ0n) is 15.4. The highest BCUT2D eigenvalue weighted by Gasteiger charge is 2.35. The Bertz CT molecular complexity index is 989. The maximum Gasteiger partial charge on any atom is 0.270 e. The fraction of sp³-hybridized carbons (Fsp3) is 0.316. The molecule has 1 saturated heterocycles. The van der Waals surface area contributed by atoms with Crippen molar-refractivity contribution < 1.29 is 18.1 Å². The number of non-ortho nitro benzene ring substituents is 1. The number of carbonyl (C=O) groups is 1. The summed E-state index contributed by atoms with van der Waals surface area (Å²) in [4.78, 5) is 22.9. The normalized spacial score (nSPS) is 17.4. The van der Waals surface area contributed by atoms with Crippen LogP contribution in [0.25, 0.3) is 0 Å². The second-order valence-electron chi connectivity index (χ2n) is 6.74. The summed E-state index contributed by atoms with van der Waals surface area (Å²) in [5.41, 5.74) is 0.971. The van der Waals surface area contributed by atoms with Gasteiger partial charge in [-0.3, -0.25) is 14.9 Å². The molecule has 0 unspecified atom stereocenters. The summed E-state index contributed by atoms with van der Waals surface area (Å²) < 4.78 is 27.3. The summed E-state index contributed by atoms with van der Waals surface area (Å²) >= 11 is 0. The molecule has 1 aliphatic rings. The molecule has 0 bridgehead atoms.